The number of amides is 1. The summed E-state index contributed by atoms with van der Waals surface area (Å²) < 4.78 is 22.4. The minimum absolute atomic E-state index is 0.0106. The Bertz CT molecular complexity index is 1160. The number of methoxy groups -OCH3 is 1. The number of para-hydroxylation sites is 1. The highest BCUT2D eigenvalue weighted by Gasteiger charge is 2.30. The highest BCUT2D eigenvalue weighted by Crippen LogP contribution is 2.34. The van der Waals surface area contributed by atoms with Crippen LogP contribution in [0.2, 0.25) is 0 Å². The van der Waals surface area contributed by atoms with Gasteiger partial charge in [0.2, 0.25) is 0 Å². The number of carbonyl (C=O) groups excluding carboxylic acids is 2. The molecule has 0 spiro atoms. The summed E-state index contributed by atoms with van der Waals surface area (Å²) >= 11 is 5.52. The number of phenols is 1. The van der Waals surface area contributed by atoms with E-state index in [4.69, 9.17) is 18.9 Å². The Hall–Kier alpha value is -3.50. The van der Waals surface area contributed by atoms with Crippen LogP contribution in [0.3, 0.4) is 0 Å². The molecule has 1 amide bonds. The van der Waals surface area contributed by atoms with E-state index in [0.717, 1.165) is 4.90 Å². The molecule has 0 aromatic heterocycles. The number of hydrogen-bond acceptors (Lipinski definition) is 9. The smallest absolute Gasteiger partial charge is 0.412 e. The zero-order valence-electron chi connectivity index (χ0n) is 20.5. The van der Waals surface area contributed by atoms with Gasteiger partial charge in [-0.05, 0) is 54.8 Å². The summed E-state index contributed by atoms with van der Waals surface area (Å²) in [5.74, 6) is 0.139. The second-order valence-electron chi connectivity index (χ2n) is 7.75. The molecule has 3 rings (SSSR count). The van der Waals surface area contributed by atoms with Crippen molar-refractivity contribution in [1.29, 1.82) is 0 Å². The summed E-state index contributed by atoms with van der Waals surface area (Å²) in [6, 6.07) is 21.0. The predicted octanol–water partition coefficient (Wildman–Crippen LogP) is 5.72. The van der Waals surface area contributed by atoms with Gasteiger partial charge in [0.25, 0.3) is 0 Å². The zero-order valence-corrected chi connectivity index (χ0v) is 22.2. The van der Waals surface area contributed by atoms with Crippen LogP contribution in [0.5, 0.6) is 17.2 Å². The van der Waals surface area contributed by atoms with E-state index in [9.17, 15) is 14.7 Å². The van der Waals surface area contributed by atoms with Crippen molar-refractivity contribution in [1.82, 2.24) is 0 Å². The molecule has 0 radical (unpaired) electrons. The first-order valence-corrected chi connectivity index (χ1v) is 13.3. The lowest BCUT2D eigenvalue weighted by Crippen LogP contribution is -2.32. The molecule has 8 nitrogen and oxygen atoms in total. The summed E-state index contributed by atoms with van der Waals surface area (Å²) in [5.41, 5.74) is 1.02. The minimum atomic E-state index is -0.975. The van der Waals surface area contributed by atoms with E-state index in [0.29, 0.717) is 17.0 Å². The van der Waals surface area contributed by atoms with E-state index in [1.54, 1.807) is 48.2 Å². The molecule has 0 aliphatic rings. The molecule has 10 heteroatoms. The number of phenolic OH excluding ortho intramolecular Hbond substituents is 1. The molecular weight excluding hydrogens is 514 g/mol. The van der Waals surface area contributed by atoms with Crippen molar-refractivity contribution in [3.8, 4) is 17.2 Å². The van der Waals surface area contributed by atoms with Gasteiger partial charge in [0.15, 0.2) is 17.6 Å². The summed E-state index contributed by atoms with van der Waals surface area (Å²) in [7, 11) is 1.44. The molecule has 3 aromatic carbocycles. The Morgan fingerprint density at radius 1 is 1.05 bits per heavy atom. The fourth-order valence-electron chi connectivity index (χ4n) is 3.46. The Kier molecular flexibility index (Phi) is 10.8. The van der Waals surface area contributed by atoms with Gasteiger partial charge in [0.05, 0.1) is 19.5 Å². The lowest BCUT2D eigenvalue weighted by molar-refractivity contribution is -0.141. The first kappa shape index (κ1) is 28.1. The van der Waals surface area contributed by atoms with Crippen molar-refractivity contribution >= 4 is 42.1 Å². The monoisotopic (exact) mass is 543 g/mol. The van der Waals surface area contributed by atoms with Crippen molar-refractivity contribution in [3.05, 3.63) is 78.4 Å². The second-order valence-corrected chi connectivity index (χ2v) is 8.94. The van der Waals surface area contributed by atoms with Gasteiger partial charge in [-0.3, -0.25) is 10.1 Å². The first-order chi connectivity index (χ1) is 17.9. The summed E-state index contributed by atoms with van der Waals surface area (Å²) in [6.07, 6.45) is -0.302. The van der Waals surface area contributed by atoms with Crippen LogP contribution in [0.15, 0.2) is 77.7 Å². The molecule has 0 heterocycles. The van der Waals surface area contributed by atoms with E-state index >= 15 is 0 Å². The van der Waals surface area contributed by atoms with Crippen molar-refractivity contribution in [2.45, 2.75) is 23.5 Å². The third-order valence-corrected chi connectivity index (χ3v) is 6.27. The van der Waals surface area contributed by atoms with Crippen molar-refractivity contribution in [2.75, 3.05) is 31.0 Å². The van der Waals surface area contributed by atoms with Crippen LogP contribution in [0.25, 0.3) is 0 Å². The number of carbonyl (C=O) groups is 2. The maximum absolute atomic E-state index is 13.0. The van der Waals surface area contributed by atoms with E-state index < -0.39 is 24.3 Å². The van der Waals surface area contributed by atoms with Crippen LogP contribution in [-0.4, -0.2) is 49.0 Å². The summed E-state index contributed by atoms with van der Waals surface area (Å²) in [4.78, 5) is 25.7. The van der Waals surface area contributed by atoms with Crippen LogP contribution in [0, 0.1) is 0 Å². The van der Waals surface area contributed by atoms with Gasteiger partial charge in [0, 0.05) is 22.6 Å². The fourth-order valence-corrected chi connectivity index (χ4v) is 3.96. The number of rotatable bonds is 12. The van der Waals surface area contributed by atoms with E-state index in [-0.39, 0.29) is 30.3 Å². The molecule has 0 saturated heterocycles. The van der Waals surface area contributed by atoms with Gasteiger partial charge < -0.3 is 24.1 Å². The number of esters is 1. The number of hydrogen-bond donors (Lipinski definition) is 3. The van der Waals surface area contributed by atoms with E-state index in [2.05, 4.69) is 17.9 Å². The molecule has 0 fully saturated rings. The van der Waals surface area contributed by atoms with Gasteiger partial charge in [-0.2, -0.15) is 12.6 Å². The first-order valence-electron chi connectivity index (χ1n) is 11.4. The molecule has 196 valence electrons. The van der Waals surface area contributed by atoms with Gasteiger partial charge in [-0.1, -0.05) is 24.3 Å². The molecule has 0 aliphatic heterocycles. The predicted molar refractivity (Wildman–Crippen MR) is 146 cm³/mol. The van der Waals surface area contributed by atoms with Crippen molar-refractivity contribution in [2.24, 2.45) is 0 Å². The maximum atomic E-state index is 13.0. The zero-order chi connectivity index (χ0) is 26.6. The normalized spacial score (nSPS) is 12.2. The topological polar surface area (TPSA) is 103 Å². The molecule has 37 heavy (non-hydrogen) atoms. The average Bonchev–Trinajstić information content (AvgIpc) is 2.92. The Balaban J connectivity index is 1.89. The van der Waals surface area contributed by atoms with Gasteiger partial charge in [-0.15, -0.1) is 11.8 Å². The highest BCUT2D eigenvalue weighted by molar-refractivity contribution is 7.98. The number of anilines is 1. The average molecular weight is 544 g/mol. The molecule has 0 saturated carbocycles. The lowest BCUT2D eigenvalue weighted by atomic mass is 10.0. The number of thiol groups is 1. The standard InChI is InChI=1S/C27H29NO7S2/c1-32-23-13-8-18(16-22(23)29)26(35-27(31)28-19-9-11-21(37-2)12-10-19)24(14-15-33-25(30)17-36)34-20-6-4-3-5-7-20/h3-13,16,24,26,29,36H,14-15,17H2,1-2H3,(H,28,31)/t24-,26-/m1/s1. The summed E-state index contributed by atoms with van der Waals surface area (Å²) in [5, 5.41) is 13.1. The highest BCUT2D eigenvalue weighted by atomic mass is 32.2. The lowest BCUT2D eigenvalue weighted by Gasteiger charge is -2.28. The van der Waals surface area contributed by atoms with Gasteiger partial charge in [0.1, 0.15) is 11.9 Å². The van der Waals surface area contributed by atoms with Crippen LogP contribution in [0.1, 0.15) is 18.1 Å². The van der Waals surface area contributed by atoms with Crippen LogP contribution in [0.4, 0.5) is 10.5 Å². The van der Waals surface area contributed by atoms with E-state index in [1.807, 2.05) is 36.6 Å². The molecule has 2 atom stereocenters. The van der Waals surface area contributed by atoms with Crippen LogP contribution in [-0.2, 0) is 14.3 Å². The van der Waals surface area contributed by atoms with Gasteiger partial charge in [-0.25, -0.2) is 4.79 Å². The number of benzene rings is 3. The number of nitrogens with one attached hydrogen (secondary N) is 1. The number of aromatic hydroxyl groups is 1. The largest absolute Gasteiger partial charge is 0.504 e. The summed E-state index contributed by atoms with van der Waals surface area (Å²) in [6.45, 7) is 0.0106. The van der Waals surface area contributed by atoms with Crippen LogP contribution >= 0.6 is 24.4 Å². The Labute approximate surface area is 225 Å². The Morgan fingerprint density at radius 2 is 1.78 bits per heavy atom. The number of thioether (sulfide) groups is 1. The molecular formula is C27H29NO7S2. The minimum Gasteiger partial charge on any atom is -0.504 e. The Morgan fingerprint density at radius 3 is 2.41 bits per heavy atom. The molecule has 2 N–H and O–H groups in total. The fraction of sp³-hybridized carbons (Fsp3) is 0.259. The molecule has 0 unspecified atom stereocenters. The molecule has 0 aliphatic carbocycles. The molecule has 3 aromatic rings. The third kappa shape index (κ3) is 8.54. The number of ether oxygens (including phenoxy) is 4. The van der Waals surface area contributed by atoms with Crippen LogP contribution < -0.4 is 14.8 Å². The molecule has 0 bridgehead atoms. The van der Waals surface area contributed by atoms with Crippen molar-refractivity contribution < 1.29 is 33.6 Å². The maximum Gasteiger partial charge on any atom is 0.412 e. The van der Waals surface area contributed by atoms with Crippen molar-refractivity contribution in [3.63, 3.8) is 0 Å². The quantitative estimate of drug-likeness (QED) is 0.151. The van der Waals surface area contributed by atoms with E-state index in [1.165, 1.54) is 13.2 Å². The second kappa shape index (κ2) is 14.3. The third-order valence-electron chi connectivity index (χ3n) is 5.26. The SMILES string of the molecule is COc1ccc([C@@H](OC(=O)Nc2ccc(SC)cc2)[C@@H](CCOC(=O)CS)Oc2ccccc2)cc1O. The van der Waals surface area contributed by atoms with Gasteiger partial charge >= 0.3 is 12.1 Å².